The zero-order valence-corrected chi connectivity index (χ0v) is 10.5. The molecule has 1 unspecified atom stereocenters. The van der Waals surface area contributed by atoms with Crippen LogP contribution in [0.3, 0.4) is 0 Å². The summed E-state index contributed by atoms with van der Waals surface area (Å²) in [7, 11) is 0. The molecule has 1 aliphatic heterocycles. The van der Waals surface area contributed by atoms with Crippen molar-refractivity contribution < 1.29 is 18.1 Å². The number of alkyl halides is 3. The summed E-state index contributed by atoms with van der Waals surface area (Å²) in [4.78, 5) is 9.63. The highest BCUT2D eigenvalue weighted by molar-refractivity contribution is 5.55. The number of hydrogen-bond donors (Lipinski definition) is 2. The first-order valence-corrected chi connectivity index (χ1v) is 6.21. The van der Waals surface area contributed by atoms with Crippen LogP contribution in [0.15, 0.2) is 18.2 Å². The quantitative estimate of drug-likeness (QED) is 0.663. The van der Waals surface area contributed by atoms with Crippen molar-refractivity contribution in [1.29, 1.82) is 0 Å². The van der Waals surface area contributed by atoms with Crippen LogP contribution >= 0.6 is 0 Å². The molecule has 1 aromatic carbocycles. The van der Waals surface area contributed by atoms with Gasteiger partial charge in [0.1, 0.15) is 5.56 Å². The minimum Gasteiger partial charge on any atom is -0.381 e. The smallest absolute Gasteiger partial charge is 0.381 e. The molecule has 5 nitrogen and oxygen atoms in total. The molecule has 1 saturated heterocycles. The zero-order chi connectivity index (χ0) is 14.8. The Morgan fingerprint density at radius 2 is 2.15 bits per heavy atom. The lowest BCUT2D eigenvalue weighted by Crippen LogP contribution is -2.38. The minimum atomic E-state index is -4.75. The number of benzene rings is 1. The van der Waals surface area contributed by atoms with Crippen LogP contribution in [0.4, 0.5) is 24.5 Å². The van der Waals surface area contributed by atoms with E-state index < -0.39 is 22.4 Å². The molecule has 1 aliphatic rings. The van der Waals surface area contributed by atoms with Gasteiger partial charge in [-0.2, -0.15) is 13.2 Å². The Bertz CT molecular complexity index is 499. The van der Waals surface area contributed by atoms with Crippen LogP contribution in [-0.2, 0) is 6.18 Å². The van der Waals surface area contributed by atoms with E-state index in [9.17, 15) is 23.3 Å². The third-order valence-electron chi connectivity index (χ3n) is 3.17. The van der Waals surface area contributed by atoms with Crippen molar-refractivity contribution >= 4 is 11.4 Å². The second kappa shape index (κ2) is 5.66. The number of nitrogens with zero attached hydrogens (tertiary/aromatic N) is 1. The maximum Gasteiger partial charge on any atom is 0.423 e. The van der Waals surface area contributed by atoms with Gasteiger partial charge in [0.15, 0.2) is 0 Å². The fourth-order valence-corrected chi connectivity index (χ4v) is 2.22. The summed E-state index contributed by atoms with van der Waals surface area (Å²) in [5.41, 5.74) is -1.90. The van der Waals surface area contributed by atoms with E-state index in [-0.39, 0.29) is 11.7 Å². The van der Waals surface area contributed by atoms with Gasteiger partial charge in [0.05, 0.1) is 4.92 Å². The van der Waals surface area contributed by atoms with Crippen LogP contribution in [0.5, 0.6) is 0 Å². The highest BCUT2D eigenvalue weighted by Crippen LogP contribution is 2.37. The van der Waals surface area contributed by atoms with Crippen LogP contribution in [0.1, 0.15) is 18.4 Å². The number of nitrogens with one attached hydrogen (secondary N) is 2. The van der Waals surface area contributed by atoms with Crippen molar-refractivity contribution in [2.75, 3.05) is 18.4 Å². The van der Waals surface area contributed by atoms with Crippen LogP contribution in [-0.4, -0.2) is 24.1 Å². The molecule has 8 heteroatoms. The van der Waals surface area contributed by atoms with E-state index in [4.69, 9.17) is 0 Å². The molecule has 110 valence electrons. The second-order valence-electron chi connectivity index (χ2n) is 4.67. The summed E-state index contributed by atoms with van der Waals surface area (Å²) < 4.78 is 38.5. The molecule has 0 amide bonds. The highest BCUT2D eigenvalue weighted by Gasteiger charge is 2.38. The standard InChI is InChI=1S/C12H14F3N3O2/c13-12(14,15)10-6-8(3-4-11(10)18(19)20)17-9-2-1-5-16-7-9/h3-4,6,9,16-17H,1-2,5,7H2. The van der Waals surface area contributed by atoms with E-state index in [1.807, 2.05) is 0 Å². The van der Waals surface area contributed by atoms with E-state index in [0.29, 0.717) is 6.54 Å². The molecule has 0 radical (unpaired) electrons. The van der Waals surface area contributed by atoms with Gasteiger partial charge >= 0.3 is 6.18 Å². The molecule has 0 saturated carbocycles. The maximum atomic E-state index is 12.8. The number of piperidine rings is 1. The summed E-state index contributed by atoms with van der Waals surface area (Å²) in [6, 6.07) is 3.03. The van der Waals surface area contributed by atoms with Crippen molar-refractivity contribution in [2.24, 2.45) is 0 Å². The summed E-state index contributed by atoms with van der Waals surface area (Å²) in [5.74, 6) is 0. The van der Waals surface area contributed by atoms with Crippen LogP contribution in [0, 0.1) is 10.1 Å². The largest absolute Gasteiger partial charge is 0.423 e. The number of halogens is 3. The lowest BCUT2D eigenvalue weighted by Gasteiger charge is -2.25. The Hall–Kier alpha value is -1.83. The Balaban J connectivity index is 2.25. The summed E-state index contributed by atoms with van der Waals surface area (Å²) in [6.07, 6.45) is -2.95. The summed E-state index contributed by atoms with van der Waals surface area (Å²) in [6.45, 7) is 1.56. The van der Waals surface area contributed by atoms with Gasteiger partial charge in [-0.1, -0.05) is 0 Å². The molecule has 1 heterocycles. The summed E-state index contributed by atoms with van der Waals surface area (Å²) >= 11 is 0. The molecule has 20 heavy (non-hydrogen) atoms. The molecular formula is C12H14F3N3O2. The van der Waals surface area contributed by atoms with E-state index in [2.05, 4.69) is 10.6 Å². The van der Waals surface area contributed by atoms with Gasteiger partial charge in [-0.3, -0.25) is 10.1 Å². The van der Waals surface area contributed by atoms with Crippen molar-refractivity contribution in [3.63, 3.8) is 0 Å². The van der Waals surface area contributed by atoms with Crippen molar-refractivity contribution in [1.82, 2.24) is 5.32 Å². The van der Waals surface area contributed by atoms with Gasteiger partial charge in [-0.05, 0) is 31.5 Å². The normalized spacial score (nSPS) is 19.6. The highest BCUT2D eigenvalue weighted by atomic mass is 19.4. The predicted octanol–water partition coefficient (Wildman–Crippen LogP) is 2.78. The zero-order valence-electron chi connectivity index (χ0n) is 10.5. The molecule has 2 rings (SSSR count). The number of nitro benzene ring substituents is 1. The third kappa shape index (κ3) is 3.38. The van der Waals surface area contributed by atoms with E-state index in [1.165, 1.54) is 6.07 Å². The second-order valence-corrected chi connectivity index (χ2v) is 4.67. The maximum absolute atomic E-state index is 12.8. The SMILES string of the molecule is O=[N+]([O-])c1ccc(NC2CCCNC2)cc1C(F)(F)F. The fraction of sp³-hybridized carbons (Fsp3) is 0.500. The number of nitro groups is 1. The molecule has 0 aliphatic carbocycles. The lowest BCUT2D eigenvalue weighted by atomic mass is 10.1. The summed E-state index contributed by atoms with van der Waals surface area (Å²) in [5, 5.41) is 16.8. The van der Waals surface area contributed by atoms with Crippen LogP contribution < -0.4 is 10.6 Å². The molecule has 0 bridgehead atoms. The van der Waals surface area contributed by atoms with E-state index in [0.717, 1.165) is 31.5 Å². The molecular weight excluding hydrogens is 275 g/mol. The number of hydrogen-bond acceptors (Lipinski definition) is 4. The van der Waals surface area contributed by atoms with Crippen LogP contribution in [0.2, 0.25) is 0 Å². The molecule has 1 aromatic rings. The van der Waals surface area contributed by atoms with Crippen LogP contribution in [0.25, 0.3) is 0 Å². The molecule has 1 atom stereocenters. The van der Waals surface area contributed by atoms with Gasteiger partial charge in [0.2, 0.25) is 0 Å². The van der Waals surface area contributed by atoms with E-state index >= 15 is 0 Å². The first kappa shape index (κ1) is 14.6. The molecule has 1 fully saturated rings. The van der Waals surface area contributed by atoms with Gasteiger partial charge in [-0.25, -0.2) is 0 Å². The Morgan fingerprint density at radius 1 is 1.40 bits per heavy atom. The van der Waals surface area contributed by atoms with Gasteiger partial charge in [0.25, 0.3) is 5.69 Å². The Labute approximate surface area is 113 Å². The molecule has 2 N–H and O–H groups in total. The minimum absolute atomic E-state index is 0.0336. The van der Waals surface area contributed by atoms with E-state index in [1.54, 1.807) is 0 Å². The first-order valence-electron chi connectivity index (χ1n) is 6.21. The van der Waals surface area contributed by atoms with Gasteiger partial charge < -0.3 is 10.6 Å². The Kier molecular flexibility index (Phi) is 4.12. The fourth-order valence-electron chi connectivity index (χ4n) is 2.22. The van der Waals surface area contributed by atoms with Crippen molar-refractivity contribution in [3.8, 4) is 0 Å². The topological polar surface area (TPSA) is 67.2 Å². The predicted molar refractivity (Wildman–Crippen MR) is 67.6 cm³/mol. The monoisotopic (exact) mass is 289 g/mol. The number of rotatable bonds is 3. The van der Waals surface area contributed by atoms with Crippen molar-refractivity contribution in [2.45, 2.75) is 25.1 Å². The molecule has 0 spiro atoms. The van der Waals surface area contributed by atoms with Gasteiger partial charge in [-0.15, -0.1) is 0 Å². The molecule has 0 aromatic heterocycles. The lowest BCUT2D eigenvalue weighted by molar-refractivity contribution is -0.388. The third-order valence-corrected chi connectivity index (χ3v) is 3.17. The average molecular weight is 289 g/mol. The first-order chi connectivity index (χ1) is 9.38. The van der Waals surface area contributed by atoms with Crippen molar-refractivity contribution in [3.05, 3.63) is 33.9 Å². The average Bonchev–Trinajstić information content (AvgIpc) is 2.38. The number of anilines is 1. The Morgan fingerprint density at radius 3 is 2.70 bits per heavy atom. The van der Waals surface area contributed by atoms with Gasteiger partial charge in [0, 0.05) is 24.3 Å².